The second kappa shape index (κ2) is 10.6. The Morgan fingerprint density at radius 3 is 2.52 bits per heavy atom. The van der Waals surface area contributed by atoms with E-state index < -0.39 is 0 Å². The SMILES string of the molecule is Cc1cc(-c2cc(CCCN3CCN(C)CC3)c(=O)n(Cc3ccccc3Cl)n2)ccc1F. The van der Waals surface area contributed by atoms with Crippen LogP contribution in [0.3, 0.4) is 0 Å². The highest BCUT2D eigenvalue weighted by atomic mass is 35.5. The number of hydrogen-bond acceptors (Lipinski definition) is 4. The summed E-state index contributed by atoms with van der Waals surface area (Å²) in [5, 5.41) is 5.23. The molecular formula is C26H30ClFN4O. The number of rotatable bonds is 7. The molecule has 0 bridgehead atoms. The number of hydrogen-bond donors (Lipinski definition) is 0. The van der Waals surface area contributed by atoms with Crippen molar-refractivity contribution in [1.82, 2.24) is 19.6 Å². The van der Waals surface area contributed by atoms with Gasteiger partial charge in [-0.2, -0.15) is 5.10 Å². The lowest BCUT2D eigenvalue weighted by molar-refractivity contribution is 0.153. The van der Waals surface area contributed by atoms with Crippen LogP contribution in [0.1, 0.15) is 23.1 Å². The van der Waals surface area contributed by atoms with Crippen LogP contribution in [-0.4, -0.2) is 59.4 Å². The van der Waals surface area contributed by atoms with Gasteiger partial charge in [0, 0.05) is 42.3 Å². The van der Waals surface area contributed by atoms with Crippen molar-refractivity contribution in [1.29, 1.82) is 0 Å². The third kappa shape index (κ3) is 5.88. The minimum Gasteiger partial charge on any atom is -0.304 e. The van der Waals surface area contributed by atoms with Gasteiger partial charge >= 0.3 is 0 Å². The van der Waals surface area contributed by atoms with Crippen LogP contribution in [-0.2, 0) is 13.0 Å². The molecule has 5 nitrogen and oxygen atoms in total. The lowest BCUT2D eigenvalue weighted by Crippen LogP contribution is -2.44. The third-order valence-electron chi connectivity index (χ3n) is 6.30. The lowest BCUT2D eigenvalue weighted by atomic mass is 10.0. The summed E-state index contributed by atoms with van der Waals surface area (Å²) in [6, 6.07) is 14.3. The summed E-state index contributed by atoms with van der Waals surface area (Å²) in [4.78, 5) is 18.1. The Kier molecular flexibility index (Phi) is 7.58. The van der Waals surface area contributed by atoms with Gasteiger partial charge in [-0.05, 0) is 74.8 Å². The minimum absolute atomic E-state index is 0.101. The van der Waals surface area contributed by atoms with E-state index in [1.165, 1.54) is 10.7 Å². The van der Waals surface area contributed by atoms with Crippen LogP contribution < -0.4 is 5.56 Å². The number of halogens is 2. The minimum atomic E-state index is -0.254. The molecule has 1 aliphatic rings. The van der Waals surface area contributed by atoms with Gasteiger partial charge in [0.2, 0.25) is 0 Å². The molecule has 1 aromatic heterocycles. The molecule has 1 saturated heterocycles. The molecule has 2 heterocycles. The predicted octanol–water partition coefficient (Wildman–Crippen LogP) is 4.24. The third-order valence-corrected chi connectivity index (χ3v) is 6.67. The van der Waals surface area contributed by atoms with Crippen molar-refractivity contribution in [2.45, 2.75) is 26.3 Å². The Labute approximate surface area is 199 Å². The van der Waals surface area contributed by atoms with Gasteiger partial charge in [-0.1, -0.05) is 29.8 Å². The second-order valence-corrected chi connectivity index (χ2v) is 9.23. The van der Waals surface area contributed by atoms with Crippen LogP contribution >= 0.6 is 11.6 Å². The van der Waals surface area contributed by atoms with Crippen molar-refractivity contribution in [2.24, 2.45) is 0 Å². The standard InChI is InChI=1S/C26H30ClFN4O/c1-19-16-20(9-10-24(19)28)25-17-21(7-5-11-31-14-12-30(2)13-15-31)26(33)32(29-25)18-22-6-3-4-8-23(22)27/h3-4,6,8-10,16-17H,5,7,11-15,18H2,1-2H3. The molecule has 0 amide bonds. The first kappa shape index (κ1) is 23.6. The topological polar surface area (TPSA) is 41.4 Å². The Morgan fingerprint density at radius 2 is 1.79 bits per heavy atom. The smallest absolute Gasteiger partial charge is 0.270 e. The average molecular weight is 469 g/mol. The molecule has 0 spiro atoms. The molecule has 0 N–H and O–H groups in total. The van der Waals surface area contributed by atoms with E-state index in [0.717, 1.165) is 55.8 Å². The highest BCUT2D eigenvalue weighted by molar-refractivity contribution is 6.31. The number of benzene rings is 2. The number of piperazine rings is 1. The van der Waals surface area contributed by atoms with Gasteiger partial charge in [0.15, 0.2) is 0 Å². The van der Waals surface area contributed by atoms with Crippen molar-refractivity contribution in [3.05, 3.63) is 86.4 Å². The van der Waals surface area contributed by atoms with Gasteiger partial charge in [-0.15, -0.1) is 0 Å². The molecule has 0 radical (unpaired) electrons. The molecule has 1 aliphatic heterocycles. The maximum Gasteiger partial charge on any atom is 0.270 e. The zero-order chi connectivity index (χ0) is 23.4. The molecule has 0 saturated carbocycles. The van der Waals surface area contributed by atoms with Crippen molar-refractivity contribution in [3.63, 3.8) is 0 Å². The summed E-state index contributed by atoms with van der Waals surface area (Å²) >= 11 is 6.35. The van der Waals surface area contributed by atoms with Crippen LogP contribution in [0.5, 0.6) is 0 Å². The molecule has 2 aromatic carbocycles. The van der Waals surface area contributed by atoms with Crippen molar-refractivity contribution < 1.29 is 4.39 Å². The summed E-state index contributed by atoms with van der Waals surface area (Å²) in [5.41, 5.74) is 3.47. The number of likely N-dealkylation sites (N-methyl/N-ethyl adjacent to an activating group) is 1. The number of nitrogens with zero attached hydrogens (tertiary/aromatic N) is 4. The van der Waals surface area contributed by atoms with Crippen molar-refractivity contribution in [2.75, 3.05) is 39.8 Å². The first-order valence-corrected chi connectivity index (χ1v) is 11.8. The maximum atomic E-state index is 13.8. The van der Waals surface area contributed by atoms with Crippen molar-refractivity contribution in [3.8, 4) is 11.3 Å². The van der Waals surface area contributed by atoms with Crippen LogP contribution in [0.2, 0.25) is 5.02 Å². The Bertz CT molecular complexity index is 1170. The molecule has 4 rings (SSSR count). The fraction of sp³-hybridized carbons (Fsp3) is 0.385. The summed E-state index contributed by atoms with van der Waals surface area (Å²) in [6.45, 7) is 7.26. The first-order valence-electron chi connectivity index (χ1n) is 11.4. The van der Waals surface area contributed by atoms with Crippen LogP contribution in [0, 0.1) is 12.7 Å². The Balaban J connectivity index is 1.61. The van der Waals surface area contributed by atoms with Gasteiger partial charge in [0.1, 0.15) is 5.82 Å². The molecular weight excluding hydrogens is 439 g/mol. The second-order valence-electron chi connectivity index (χ2n) is 8.82. The van der Waals surface area contributed by atoms with Gasteiger partial charge in [-0.25, -0.2) is 9.07 Å². The van der Waals surface area contributed by atoms with Gasteiger partial charge in [-0.3, -0.25) is 4.79 Å². The maximum absolute atomic E-state index is 13.8. The molecule has 33 heavy (non-hydrogen) atoms. The zero-order valence-corrected chi connectivity index (χ0v) is 20.0. The molecule has 0 unspecified atom stereocenters. The van der Waals surface area contributed by atoms with E-state index in [9.17, 15) is 9.18 Å². The largest absolute Gasteiger partial charge is 0.304 e. The van der Waals surface area contributed by atoms with Crippen LogP contribution in [0.15, 0.2) is 53.3 Å². The molecule has 1 fully saturated rings. The fourth-order valence-electron chi connectivity index (χ4n) is 4.18. The van der Waals surface area contributed by atoms with Crippen molar-refractivity contribution >= 4 is 11.6 Å². The Hall–Kier alpha value is -2.54. The monoisotopic (exact) mass is 468 g/mol. The number of aryl methyl sites for hydroxylation is 2. The van der Waals surface area contributed by atoms with E-state index >= 15 is 0 Å². The first-order chi connectivity index (χ1) is 15.9. The molecule has 174 valence electrons. The summed E-state index contributed by atoms with van der Waals surface area (Å²) in [7, 11) is 2.15. The van der Waals surface area contributed by atoms with E-state index in [1.807, 2.05) is 30.3 Å². The fourth-order valence-corrected chi connectivity index (χ4v) is 4.38. The zero-order valence-electron chi connectivity index (χ0n) is 19.2. The van der Waals surface area contributed by atoms with E-state index in [-0.39, 0.29) is 17.9 Å². The summed E-state index contributed by atoms with van der Waals surface area (Å²) < 4.78 is 15.3. The highest BCUT2D eigenvalue weighted by Gasteiger charge is 2.15. The van der Waals surface area contributed by atoms with E-state index in [2.05, 4.69) is 21.9 Å². The molecule has 0 atom stereocenters. The summed E-state index contributed by atoms with van der Waals surface area (Å²) in [5.74, 6) is -0.254. The van der Waals surface area contributed by atoms with Gasteiger partial charge in [0.25, 0.3) is 5.56 Å². The number of aromatic nitrogens is 2. The van der Waals surface area contributed by atoms with E-state index in [4.69, 9.17) is 11.6 Å². The van der Waals surface area contributed by atoms with E-state index in [0.29, 0.717) is 22.7 Å². The van der Waals surface area contributed by atoms with Gasteiger partial charge < -0.3 is 9.80 Å². The molecule has 3 aromatic rings. The predicted molar refractivity (Wildman–Crippen MR) is 131 cm³/mol. The van der Waals surface area contributed by atoms with E-state index in [1.54, 1.807) is 19.1 Å². The quantitative estimate of drug-likeness (QED) is 0.520. The van der Waals surface area contributed by atoms with Gasteiger partial charge in [0.05, 0.1) is 12.2 Å². The molecule has 0 aliphatic carbocycles. The Morgan fingerprint density at radius 1 is 1.03 bits per heavy atom. The normalized spacial score (nSPS) is 15.2. The summed E-state index contributed by atoms with van der Waals surface area (Å²) in [6.07, 6.45) is 1.57. The highest BCUT2D eigenvalue weighted by Crippen LogP contribution is 2.21. The van der Waals surface area contributed by atoms with Crippen LogP contribution in [0.4, 0.5) is 4.39 Å². The lowest BCUT2D eigenvalue weighted by Gasteiger charge is -2.32. The molecule has 7 heteroatoms. The van der Waals surface area contributed by atoms with Crippen LogP contribution in [0.25, 0.3) is 11.3 Å². The average Bonchev–Trinajstić information content (AvgIpc) is 2.80.